The summed E-state index contributed by atoms with van der Waals surface area (Å²) < 4.78 is 27.8. The van der Waals surface area contributed by atoms with Crippen LogP contribution in [0.3, 0.4) is 0 Å². The first-order valence-electron chi connectivity index (χ1n) is 10.3. The van der Waals surface area contributed by atoms with Crippen molar-refractivity contribution in [1.82, 2.24) is 5.32 Å². The Kier molecular flexibility index (Phi) is 8.00. The van der Waals surface area contributed by atoms with Gasteiger partial charge < -0.3 is 15.3 Å². The van der Waals surface area contributed by atoms with Crippen LogP contribution in [0.4, 0.5) is 5.69 Å². The van der Waals surface area contributed by atoms with E-state index in [1.165, 1.54) is 30.3 Å². The molecule has 4 N–H and O–H groups in total. The van der Waals surface area contributed by atoms with Gasteiger partial charge in [0.1, 0.15) is 6.54 Å². The minimum absolute atomic E-state index is 0.0355. The molecule has 0 saturated heterocycles. The van der Waals surface area contributed by atoms with Gasteiger partial charge in [-0.3, -0.25) is 9.10 Å². The SMILES string of the molecule is Cc1ccc(S(=O)(=O)N(CC(=O)NCc2cccc(C(=O)ON)c2)c2cccc(CO)c2)cc1. The van der Waals surface area contributed by atoms with E-state index in [2.05, 4.69) is 10.2 Å². The average molecular weight is 484 g/mol. The Morgan fingerprint density at radius 3 is 2.35 bits per heavy atom. The van der Waals surface area contributed by atoms with Crippen molar-refractivity contribution >= 4 is 27.6 Å². The lowest BCUT2D eigenvalue weighted by molar-refractivity contribution is -0.119. The predicted octanol–water partition coefficient (Wildman–Crippen LogP) is 2.03. The van der Waals surface area contributed by atoms with Gasteiger partial charge in [-0.25, -0.2) is 13.2 Å². The number of nitrogens with one attached hydrogen (secondary N) is 1. The quantitative estimate of drug-likeness (QED) is 0.396. The first-order chi connectivity index (χ1) is 16.2. The number of nitrogens with zero attached hydrogens (tertiary/aromatic N) is 1. The van der Waals surface area contributed by atoms with Crippen LogP contribution in [0.25, 0.3) is 0 Å². The van der Waals surface area contributed by atoms with Crippen LogP contribution in [0.15, 0.2) is 77.7 Å². The van der Waals surface area contributed by atoms with Gasteiger partial charge >= 0.3 is 5.97 Å². The number of aryl methyl sites for hydroxylation is 1. The molecule has 0 unspecified atom stereocenters. The molecule has 1 amide bonds. The summed E-state index contributed by atoms with van der Waals surface area (Å²) in [5.74, 6) is 3.63. The van der Waals surface area contributed by atoms with Gasteiger partial charge in [0.25, 0.3) is 10.0 Å². The van der Waals surface area contributed by atoms with Gasteiger partial charge in [0.15, 0.2) is 0 Å². The van der Waals surface area contributed by atoms with Gasteiger partial charge in [0.05, 0.1) is 22.8 Å². The van der Waals surface area contributed by atoms with Crippen LogP contribution in [-0.2, 0) is 32.8 Å². The summed E-state index contributed by atoms with van der Waals surface area (Å²) in [6, 6.07) is 19.0. The van der Waals surface area contributed by atoms with E-state index >= 15 is 0 Å². The summed E-state index contributed by atoms with van der Waals surface area (Å²) in [5.41, 5.74) is 2.47. The highest BCUT2D eigenvalue weighted by Crippen LogP contribution is 2.25. The number of anilines is 1. The number of aliphatic hydroxyl groups is 1. The number of amides is 1. The molecule has 0 atom stereocenters. The van der Waals surface area contributed by atoms with Crippen LogP contribution < -0.4 is 15.5 Å². The van der Waals surface area contributed by atoms with Gasteiger partial charge in [0, 0.05) is 6.54 Å². The first-order valence-corrected chi connectivity index (χ1v) is 11.7. The van der Waals surface area contributed by atoms with E-state index in [0.29, 0.717) is 11.1 Å². The zero-order valence-corrected chi connectivity index (χ0v) is 19.3. The fraction of sp³-hybridized carbons (Fsp3) is 0.167. The van der Waals surface area contributed by atoms with E-state index in [1.54, 1.807) is 42.5 Å². The number of hydrogen-bond donors (Lipinski definition) is 3. The van der Waals surface area contributed by atoms with Gasteiger partial charge in [-0.1, -0.05) is 42.0 Å². The van der Waals surface area contributed by atoms with Crippen molar-refractivity contribution in [2.45, 2.75) is 25.0 Å². The molecule has 0 aliphatic heterocycles. The highest BCUT2D eigenvalue weighted by atomic mass is 32.2. The fourth-order valence-corrected chi connectivity index (χ4v) is 4.64. The first kappa shape index (κ1) is 24.9. The normalized spacial score (nSPS) is 11.0. The molecule has 0 fully saturated rings. The van der Waals surface area contributed by atoms with E-state index in [9.17, 15) is 23.1 Å². The Balaban J connectivity index is 1.85. The van der Waals surface area contributed by atoms with E-state index < -0.39 is 28.4 Å². The predicted molar refractivity (Wildman–Crippen MR) is 126 cm³/mol. The minimum Gasteiger partial charge on any atom is -0.392 e. The summed E-state index contributed by atoms with van der Waals surface area (Å²) in [6.45, 7) is 1.13. The number of hydrogen-bond acceptors (Lipinski definition) is 7. The standard InChI is InChI=1S/C24H25N3O6S/c1-17-8-10-22(11-9-17)34(31,32)27(21-7-3-5-19(13-21)16-28)15-23(29)26-14-18-4-2-6-20(12-18)24(30)33-25/h2-13,28H,14-16,25H2,1H3,(H,26,29). The van der Waals surface area contributed by atoms with Gasteiger partial charge in [-0.2, -0.15) is 5.90 Å². The lowest BCUT2D eigenvalue weighted by Crippen LogP contribution is -2.40. The van der Waals surface area contributed by atoms with Gasteiger partial charge in [-0.15, -0.1) is 0 Å². The third-order valence-corrected chi connectivity index (χ3v) is 6.82. The third-order valence-electron chi connectivity index (χ3n) is 5.04. The second kappa shape index (κ2) is 10.9. The molecule has 0 radical (unpaired) electrons. The maximum atomic E-state index is 13.4. The van der Waals surface area contributed by atoms with Crippen molar-refractivity contribution in [3.05, 3.63) is 95.1 Å². The monoisotopic (exact) mass is 483 g/mol. The number of carbonyl (C=O) groups excluding carboxylic acids is 2. The molecule has 34 heavy (non-hydrogen) atoms. The highest BCUT2D eigenvalue weighted by Gasteiger charge is 2.27. The Bertz CT molecular complexity index is 1280. The lowest BCUT2D eigenvalue weighted by Gasteiger charge is -2.24. The zero-order valence-electron chi connectivity index (χ0n) is 18.5. The molecular formula is C24H25N3O6S. The van der Waals surface area contributed by atoms with Crippen LogP contribution in [0.5, 0.6) is 0 Å². The highest BCUT2D eigenvalue weighted by molar-refractivity contribution is 7.92. The van der Waals surface area contributed by atoms with Crippen LogP contribution in [0.2, 0.25) is 0 Å². The van der Waals surface area contributed by atoms with Gasteiger partial charge in [0.2, 0.25) is 5.91 Å². The third kappa shape index (κ3) is 5.98. The van der Waals surface area contributed by atoms with Crippen LogP contribution >= 0.6 is 0 Å². The van der Waals surface area contributed by atoms with E-state index in [0.717, 1.165) is 9.87 Å². The number of benzene rings is 3. The largest absolute Gasteiger partial charge is 0.392 e. The Morgan fingerprint density at radius 2 is 1.68 bits per heavy atom. The molecule has 0 aromatic heterocycles. The average Bonchev–Trinajstić information content (AvgIpc) is 2.85. The minimum atomic E-state index is -4.08. The Labute approximate surface area is 197 Å². The summed E-state index contributed by atoms with van der Waals surface area (Å²) >= 11 is 0. The van der Waals surface area contributed by atoms with Crippen molar-refractivity contribution in [2.24, 2.45) is 5.90 Å². The summed E-state index contributed by atoms with van der Waals surface area (Å²) in [4.78, 5) is 28.6. The second-order valence-electron chi connectivity index (χ2n) is 7.54. The number of aliphatic hydroxyl groups excluding tert-OH is 1. The molecule has 0 aliphatic carbocycles. The molecule has 0 heterocycles. The number of sulfonamides is 1. The molecule has 3 aromatic rings. The fourth-order valence-electron chi connectivity index (χ4n) is 3.23. The molecule has 0 aliphatic rings. The van der Waals surface area contributed by atoms with Crippen LogP contribution in [0, 0.1) is 6.92 Å². The molecule has 3 rings (SSSR count). The smallest absolute Gasteiger partial charge is 0.356 e. The molecule has 0 spiro atoms. The Morgan fingerprint density at radius 1 is 1.00 bits per heavy atom. The molecule has 3 aromatic carbocycles. The topological polar surface area (TPSA) is 139 Å². The van der Waals surface area contributed by atoms with Crippen molar-refractivity contribution in [3.8, 4) is 0 Å². The molecule has 0 bridgehead atoms. The van der Waals surface area contributed by atoms with Crippen molar-refractivity contribution in [2.75, 3.05) is 10.8 Å². The van der Waals surface area contributed by atoms with E-state index in [4.69, 9.17) is 5.90 Å². The Hall–Kier alpha value is -3.73. The van der Waals surface area contributed by atoms with E-state index in [1.807, 2.05) is 6.92 Å². The summed E-state index contributed by atoms with van der Waals surface area (Å²) in [6.07, 6.45) is 0. The van der Waals surface area contributed by atoms with E-state index in [-0.39, 0.29) is 29.3 Å². The molecular weight excluding hydrogens is 458 g/mol. The summed E-state index contributed by atoms with van der Waals surface area (Å²) in [5, 5.41) is 12.1. The molecule has 0 saturated carbocycles. The van der Waals surface area contributed by atoms with Gasteiger partial charge in [-0.05, 0) is 54.4 Å². The van der Waals surface area contributed by atoms with Crippen molar-refractivity contribution in [3.63, 3.8) is 0 Å². The van der Waals surface area contributed by atoms with Crippen LogP contribution in [-0.4, -0.2) is 31.9 Å². The van der Waals surface area contributed by atoms with Crippen molar-refractivity contribution < 1.29 is 28.0 Å². The molecule has 178 valence electrons. The number of carbonyl (C=O) groups is 2. The maximum Gasteiger partial charge on any atom is 0.356 e. The van der Waals surface area contributed by atoms with Crippen LogP contribution in [0.1, 0.15) is 27.0 Å². The summed E-state index contributed by atoms with van der Waals surface area (Å²) in [7, 11) is -4.08. The number of nitrogens with two attached hydrogens (primary N) is 1. The number of rotatable bonds is 9. The maximum absolute atomic E-state index is 13.4. The molecule has 10 heteroatoms. The zero-order chi connectivity index (χ0) is 24.7. The second-order valence-corrected chi connectivity index (χ2v) is 9.40. The lowest BCUT2D eigenvalue weighted by atomic mass is 10.1. The van der Waals surface area contributed by atoms with Crippen molar-refractivity contribution in [1.29, 1.82) is 0 Å². The molecule has 9 nitrogen and oxygen atoms in total.